The quantitative estimate of drug-likeness (QED) is 0.493. The third kappa shape index (κ3) is 6.94. The van der Waals surface area contributed by atoms with E-state index in [4.69, 9.17) is 6.42 Å². The Morgan fingerprint density at radius 3 is 2.43 bits per heavy atom. The Bertz CT molecular complexity index is 170. The van der Waals surface area contributed by atoms with Crippen molar-refractivity contribution >= 4 is 0 Å². The van der Waals surface area contributed by atoms with Gasteiger partial charge in [0.25, 0.3) is 0 Å². The van der Waals surface area contributed by atoms with E-state index in [2.05, 4.69) is 37.0 Å². The smallest absolute Gasteiger partial charge is 0.0658 e. The maximum atomic E-state index is 5.25. The van der Waals surface area contributed by atoms with Crippen LogP contribution < -0.4 is 5.32 Å². The van der Waals surface area contributed by atoms with Gasteiger partial charge in [-0.15, -0.1) is 6.42 Å². The molecule has 0 heterocycles. The molecule has 1 atom stereocenters. The molecule has 0 radical (unpaired) electrons. The van der Waals surface area contributed by atoms with Crippen LogP contribution in [0.2, 0.25) is 0 Å². The van der Waals surface area contributed by atoms with Crippen molar-refractivity contribution in [2.75, 3.05) is 20.1 Å². The maximum absolute atomic E-state index is 5.25. The van der Waals surface area contributed by atoms with Gasteiger partial charge in [0.05, 0.1) is 6.04 Å². The topological polar surface area (TPSA) is 15.3 Å². The summed E-state index contributed by atoms with van der Waals surface area (Å²) in [4.78, 5) is 2.37. The van der Waals surface area contributed by atoms with Crippen LogP contribution in [0.15, 0.2) is 0 Å². The molecule has 0 saturated carbocycles. The van der Waals surface area contributed by atoms with Gasteiger partial charge in [-0.05, 0) is 53.8 Å². The van der Waals surface area contributed by atoms with Gasteiger partial charge < -0.3 is 10.2 Å². The van der Waals surface area contributed by atoms with Gasteiger partial charge in [-0.1, -0.05) is 5.92 Å². The molecule has 0 bridgehead atoms. The van der Waals surface area contributed by atoms with E-state index >= 15 is 0 Å². The number of nitrogens with zero attached hydrogens (tertiary/aromatic N) is 1. The molecule has 0 aromatic carbocycles. The molecular formula is C12H24N2. The third-order valence-corrected chi connectivity index (χ3v) is 2.52. The number of terminal acetylenes is 1. The zero-order valence-electron chi connectivity index (χ0n) is 10.0. The zero-order valence-corrected chi connectivity index (χ0v) is 10.0. The summed E-state index contributed by atoms with van der Waals surface area (Å²) in [6.45, 7) is 8.65. The maximum Gasteiger partial charge on any atom is 0.0658 e. The van der Waals surface area contributed by atoms with E-state index in [-0.39, 0.29) is 6.04 Å². The average Bonchev–Trinajstić information content (AvgIpc) is 2.16. The van der Waals surface area contributed by atoms with Crippen molar-refractivity contribution in [1.29, 1.82) is 0 Å². The first-order valence-corrected chi connectivity index (χ1v) is 5.47. The highest BCUT2D eigenvalue weighted by molar-refractivity contribution is 4.95. The van der Waals surface area contributed by atoms with E-state index in [1.807, 2.05) is 6.92 Å². The second-order valence-corrected chi connectivity index (χ2v) is 4.12. The van der Waals surface area contributed by atoms with Crippen LogP contribution in [0.5, 0.6) is 0 Å². The number of hydrogen-bond acceptors (Lipinski definition) is 2. The molecule has 0 aliphatic rings. The van der Waals surface area contributed by atoms with Gasteiger partial charge in [-0.2, -0.15) is 0 Å². The Hall–Kier alpha value is -0.520. The van der Waals surface area contributed by atoms with Crippen molar-refractivity contribution in [2.45, 2.75) is 45.7 Å². The van der Waals surface area contributed by atoms with Gasteiger partial charge in [0.15, 0.2) is 0 Å². The SMILES string of the molecule is C#CC(C)NCCCCN(C)C(C)C. The van der Waals surface area contributed by atoms with Crippen LogP contribution in [-0.4, -0.2) is 37.1 Å². The van der Waals surface area contributed by atoms with Crippen molar-refractivity contribution in [3.8, 4) is 12.3 Å². The molecule has 1 N–H and O–H groups in total. The third-order valence-electron chi connectivity index (χ3n) is 2.52. The largest absolute Gasteiger partial charge is 0.304 e. The van der Waals surface area contributed by atoms with Crippen molar-refractivity contribution in [3.05, 3.63) is 0 Å². The molecule has 0 saturated heterocycles. The van der Waals surface area contributed by atoms with Crippen LogP contribution in [0.4, 0.5) is 0 Å². The van der Waals surface area contributed by atoms with E-state index in [0.29, 0.717) is 6.04 Å². The average molecular weight is 196 g/mol. The predicted octanol–water partition coefficient (Wildman–Crippen LogP) is 1.72. The molecule has 0 aliphatic heterocycles. The molecule has 2 nitrogen and oxygen atoms in total. The summed E-state index contributed by atoms with van der Waals surface area (Å²) in [6, 6.07) is 0.852. The number of unbranched alkanes of at least 4 members (excludes halogenated alkanes) is 1. The Kier molecular flexibility index (Phi) is 7.55. The molecule has 0 rings (SSSR count). The highest BCUT2D eigenvalue weighted by Gasteiger charge is 2.01. The summed E-state index contributed by atoms with van der Waals surface area (Å²) in [7, 11) is 2.17. The molecule has 0 amide bonds. The lowest BCUT2D eigenvalue weighted by atomic mass is 10.2. The molecule has 14 heavy (non-hydrogen) atoms. The van der Waals surface area contributed by atoms with E-state index in [1.165, 1.54) is 19.4 Å². The Labute approximate surface area is 89.1 Å². The molecule has 2 heteroatoms. The minimum absolute atomic E-state index is 0.206. The first-order valence-electron chi connectivity index (χ1n) is 5.47. The van der Waals surface area contributed by atoms with Crippen molar-refractivity contribution in [1.82, 2.24) is 10.2 Å². The van der Waals surface area contributed by atoms with Gasteiger partial charge in [0.2, 0.25) is 0 Å². The van der Waals surface area contributed by atoms with Gasteiger partial charge in [-0.3, -0.25) is 0 Å². The number of hydrogen-bond donors (Lipinski definition) is 1. The first-order chi connectivity index (χ1) is 6.57. The van der Waals surface area contributed by atoms with Gasteiger partial charge >= 0.3 is 0 Å². The second-order valence-electron chi connectivity index (χ2n) is 4.12. The fourth-order valence-corrected chi connectivity index (χ4v) is 1.12. The van der Waals surface area contributed by atoms with Gasteiger partial charge in [-0.25, -0.2) is 0 Å². The standard InChI is InChI=1S/C12H24N2/c1-6-12(4)13-9-7-8-10-14(5)11(2)3/h1,11-13H,7-10H2,2-5H3. The summed E-state index contributed by atoms with van der Waals surface area (Å²) < 4.78 is 0. The minimum Gasteiger partial charge on any atom is -0.304 e. The summed E-state index contributed by atoms with van der Waals surface area (Å²) in [5.41, 5.74) is 0. The fourth-order valence-electron chi connectivity index (χ4n) is 1.12. The molecule has 0 aromatic rings. The van der Waals surface area contributed by atoms with Gasteiger partial charge in [0.1, 0.15) is 0 Å². The van der Waals surface area contributed by atoms with Crippen LogP contribution in [-0.2, 0) is 0 Å². The van der Waals surface area contributed by atoms with E-state index < -0.39 is 0 Å². The molecular weight excluding hydrogens is 172 g/mol. The molecule has 0 spiro atoms. The summed E-state index contributed by atoms with van der Waals surface area (Å²) in [5, 5.41) is 3.28. The minimum atomic E-state index is 0.206. The Morgan fingerprint density at radius 1 is 1.29 bits per heavy atom. The number of rotatable bonds is 7. The van der Waals surface area contributed by atoms with Crippen LogP contribution in [0.1, 0.15) is 33.6 Å². The molecule has 0 aliphatic carbocycles. The van der Waals surface area contributed by atoms with Crippen LogP contribution in [0.25, 0.3) is 0 Å². The van der Waals surface area contributed by atoms with Crippen LogP contribution in [0, 0.1) is 12.3 Å². The second kappa shape index (κ2) is 7.84. The highest BCUT2D eigenvalue weighted by Crippen LogP contribution is 1.97. The van der Waals surface area contributed by atoms with E-state index in [9.17, 15) is 0 Å². The predicted molar refractivity (Wildman–Crippen MR) is 63.3 cm³/mol. The lowest BCUT2D eigenvalue weighted by molar-refractivity contribution is 0.268. The summed E-state index contributed by atoms with van der Waals surface area (Å²) in [5.74, 6) is 2.66. The zero-order chi connectivity index (χ0) is 11.0. The molecule has 82 valence electrons. The summed E-state index contributed by atoms with van der Waals surface area (Å²) in [6.07, 6.45) is 7.69. The summed E-state index contributed by atoms with van der Waals surface area (Å²) >= 11 is 0. The fraction of sp³-hybridized carbons (Fsp3) is 0.833. The van der Waals surface area contributed by atoms with Crippen LogP contribution in [0.3, 0.4) is 0 Å². The Balaban J connectivity index is 3.26. The van der Waals surface area contributed by atoms with Crippen molar-refractivity contribution in [3.63, 3.8) is 0 Å². The van der Waals surface area contributed by atoms with E-state index in [1.54, 1.807) is 0 Å². The monoisotopic (exact) mass is 196 g/mol. The number of nitrogens with one attached hydrogen (secondary N) is 1. The van der Waals surface area contributed by atoms with Gasteiger partial charge in [0, 0.05) is 6.04 Å². The lowest BCUT2D eigenvalue weighted by Crippen LogP contribution is -2.29. The van der Waals surface area contributed by atoms with E-state index in [0.717, 1.165) is 6.54 Å². The molecule has 0 aromatic heterocycles. The Morgan fingerprint density at radius 2 is 1.93 bits per heavy atom. The van der Waals surface area contributed by atoms with Crippen molar-refractivity contribution in [2.24, 2.45) is 0 Å². The molecule has 1 unspecified atom stereocenters. The molecule has 0 fully saturated rings. The normalized spacial score (nSPS) is 13.2. The van der Waals surface area contributed by atoms with Crippen LogP contribution >= 0.6 is 0 Å². The highest BCUT2D eigenvalue weighted by atomic mass is 15.1. The first kappa shape index (κ1) is 13.5. The van der Waals surface area contributed by atoms with Crippen molar-refractivity contribution < 1.29 is 0 Å². The lowest BCUT2D eigenvalue weighted by Gasteiger charge is -2.20.